The van der Waals surface area contributed by atoms with Crippen LogP contribution in [0.3, 0.4) is 0 Å². The normalized spacial score (nSPS) is 14.2. The summed E-state index contributed by atoms with van der Waals surface area (Å²) >= 11 is 1.59. The molecular formula is C16H16N4O2S. The number of amides is 2. The van der Waals surface area contributed by atoms with E-state index in [1.54, 1.807) is 35.4 Å². The van der Waals surface area contributed by atoms with E-state index in [4.69, 9.17) is 0 Å². The monoisotopic (exact) mass is 328 g/mol. The van der Waals surface area contributed by atoms with Crippen LogP contribution in [0.1, 0.15) is 5.56 Å². The summed E-state index contributed by atoms with van der Waals surface area (Å²) in [5, 5.41) is 5.33. The Balaban J connectivity index is 1.72. The molecule has 0 saturated heterocycles. The molecule has 2 heterocycles. The first-order chi connectivity index (χ1) is 11.1. The van der Waals surface area contributed by atoms with Crippen LogP contribution in [0, 0.1) is 0 Å². The molecule has 0 unspecified atom stereocenters. The number of benzene rings is 1. The van der Waals surface area contributed by atoms with Crippen molar-refractivity contribution in [3.05, 3.63) is 52.7 Å². The Morgan fingerprint density at radius 1 is 1.35 bits per heavy atom. The first kappa shape index (κ1) is 15.2. The number of nitrogens with zero attached hydrogens (tertiary/aromatic N) is 3. The van der Waals surface area contributed by atoms with Crippen LogP contribution in [0.5, 0.6) is 0 Å². The maximum Gasteiger partial charge on any atom is 0.290 e. The minimum absolute atomic E-state index is 0.0464. The Kier molecular flexibility index (Phi) is 4.38. The highest BCUT2D eigenvalue weighted by Crippen LogP contribution is 2.14. The smallest absolute Gasteiger partial charge is 0.290 e. The van der Waals surface area contributed by atoms with E-state index < -0.39 is 0 Å². The molecule has 23 heavy (non-hydrogen) atoms. The summed E-state index contributed by atoms with van der Waals surface area (Å²) in [6, 6.07) is 11.1. The lowest BCUT2D eigenvalue weighted by Crippen LogP contribution is -2.55. The van der Waals surface area contributed by atoms with Gasteiger partial charge in [-0.05, 0) is 34.5 Å². The molecule has 7 heteroatoms. The highest BCUT2D eigenvalue weighted by molar-refractivity contribution is 7.07. The van der Waals surface area contributed by atoms with E-state index >= 15 is 0 Å². The zero-order chi connectivity index (χ0) is 16.2. The van der Waals surface area contributed by atoms with Crippen LogP contribution in [0.2, 0.25) is 0 Å². The first-order valence-corrected chi connectivity index (χ1v) is 8.05. The second kappa shape index (κ2) is 6.62. The molecule has 0 saturated carbocycles. The summed E-state index contributed by atoms with van der Waals surface area (Å²) in [6.45, 7) is 0.456. The molecule has 2 amide bonds. The molecule has 3 rings (SSSR count). The molecule has 0 spiro atoms. The fourth-order valence-corrected chi connectivity index (χ4v) is 2.89. The number of para-hydroxylation sites is 1. The van der Waals surface area contributed by atoms with Gasteiger partial charge in [-0.15, -0.1) is 0 Å². The van der Waals surface area contributed by atoms with Gasteiger partial charge in [-0.25, -0.2) is 5.01 Å². The van der Waals surface area contributed by atoms with Gasteiger partial charge in [0.1, 0.15) is 6.54 Å². The molecule has 0 fully saturated rings. The number of hydrogen-bond acceptors (Lipinski definition) is 5. The number of hydrogen-bond donors (Lipinski definition) is 1. The minimum atomic E-state index is -0.246. The van der Waals surface area contributed by atoms with Crippen molar-refractivity contribution in [2.45, 2.75) is 6.54 Å². The predicted molar refractivity (Wildman–Crippen MR) is 90.2 cm³/mol. The number of anilines is 1. The summed E-state index contributed by atoms with van der Waals surface area (Å²) < 4.78 is 0. The second-order valence-electron chi connectivity index (χ2n) is 5.13. The summed E-state index contributed by atoms with van der Waals surface area (Å²) in [6.07, 6.45) is 0. The first-order valence-electron chi connectivity index (χ1n) is 7.11. The molecule has 1 aliphatic heterocycles. The Labute approximate surface area is 138 Å². The van der Waals surface area contributed by atoms with Crippen LogP contribution in [0.4, 0.5) is 5.69 Å². The van der Waals surface area contributed by atoms with E-state index in [-0.39, 0.29) is 24.2 Å². The third-order valence-electron chi connectivity index (χ3n) is 3.40. The molecular weight excluding hydrogens is 312 g/mol. The Morgan fingerprint density at radius 3 is 2.83 bits per heavy atom. The number of rotatable bonds is 4. The number of aliphatic imine (C=N–C) groups is 1. The summed E-state index contributed by atoms with van der Waals surface area (Å²) in [5.74, 6) is -0.274. The number of carbonyl (C=O) groups is 2. The van der Waals surface area contributed by atoms with Crippen LogP contribution in [-0.4, -0.2) is 36.1 Å². The van der Waals surface area contributed by atoms with Gasteiger partial charge in [0.15, 0.2) is 0 Å². The van der Waals surface area contributed by atoms with Crippen molar-refractivity contribution < 1.29 is 9.59 Å². The van der Waals surface area contributed by atoms with Gasteiger partial charge in [-0.1, -0.05) is 18.2 Å². The Bertz CT molecular complexity index is 728. The van der Waals surface area contributed by atoms with E-state index in [1.165, 1.54) is 5.01 Å². The molecule has 0 radical (unpaired) electrons. The van der Waals surface area contributed by atoms with Crippen molar-refractivity contribution >= 4 is 34.7 Å². The third kappa shape index (κ3) is 3.40. The number of likely N-dealkylation sites (N-methyl/N-ethyl adjacent to an activating group) is 1. The van der Waals surface area contributed by atoms with Crippen LogP contribution < -0.4 is 10.4 Å². The van der Waals surface area contributed by atoms with E-state index in [9.17, 15) is 9.59 Å². The zero-order valence-electron chi connectivity index (χ0n) is 12.6. The van der Waals surface area contributed by atoms with Gasteiger partial charge in [-0.3, -0.25) is 20.0 Å². The van der Waals surface area contributed by atoms with Gasteiger partial charge in [-0.2, -0.15) is 11.3 Å². The van der Waals surface area contributed by atoms with Crippen molar-refractivity contribution in [1.29, 1.82) is 0 Å². The SMILES string of the molecule is CN(Cc1ccsc1)C(=O)C1=NCC(=O)N(c2ccccc2)N1. The van der Waals surface area contributed by atoms with Gasteiger partial charge >= 0.3 is 0 Å². The predicted octanol–water partition coefficient (Wildman–Crippen LogP) is 1.66. The van der Waals surface area contributed by atoms with E-state index in [0.29, 0.717) is 12.2 Å². The number of thiophene rings is 1. The van der Waals surface area contributed by atoms with Crippen molar-refractivity contribution in [2.24, 2.45) is 4.99 Å². The maximum absolute atomic E-state index is 12.5. The summed E-state index contributed by atoms with van der Waals surface area (Å²) in [4.78, 5) is 30.2. The molecule has 1 aromatic heterocycles. The van der Waals surface area contributed by atoms with Crippen molar-refractivity contribution in [3.8, 4) is 0 Å². The van der Waals surface area contributed by atoms with E-state index in [1.807, 2.05) is 35.0 Å². The second-order valence-corrected chi connectivity index (χ2v) is 5.91. The highest BCUT2D eigenvalue weighted by atomic mass is 32.1. The number of carbonyl (C=O) groups excluding carboxylic acids is 2. The van der Waals surface area contributed by atoms with Crippen LogP contribution in [-0.2, 0) is 16.1 Å². The largest absolute Gasteiger partial charge is 0.335 e. The molecule has 6 nitrogen and oxygen atoms in total. The lowest BCUT2D eigenvalue weighted by molar-refractivity contribution is -0.123. The minimum Gasteiger partial charge on any atom is -0.335 e. The highest BCUT2D eigenvalue weighted by Gasteiger charge is 2.27. The number of amidine groups is 1. The molecule has 0 aliphatic carbocycles. The van der Waals surface area contributed by atoms with Gasteiger partial charge < -0.3 is 4.90 Å². The molecule has 1 N–H and O–H groups in total. The Morgan fingerprint density at radius 2 is 2.13 bits per heavy atom. The number of hydrazine groups is 1. The van der Waals surface area contributed by atoms with Gasteiger partial charge in [0.2, 0.25) is 5.84 Å². The average Bonchev–Trinajstić information content (AvgIpc) is 3.08. The fourth-order valence-electron chi connectivity index (χ4n) is 2.23. The van der Waals surface area contributed by atoms with Crippen LogP contribution in [0.25, 0.3) is 0 Å². The van der Waals surface area contributed by atoms with Gasteiger partial charge in [0.25, 0.3) is 11.8 Å². The van der Waals surface area contributed by atoms with E-state index in [0.717, 1.165) is 5.56 Å². The van der Waals surface area contributed by atoms with Gasteiger partial charge in [0.05, 0.1) is 5.69 Å². The van der Waals surface area contributed by atoms with Crippen LogP contribution in [0.15, 0.2) is 52.2 Å². The van der Waals surface area contributed by atoms with Crippen molar-refractivity contribution in [3.63, 3.8) is 0 Å². The maximum atomic E-state index is 12.5. The summed E-state index contributed by atoms with van der Waals surface area (Å²) in [7, 11) is 1.72. The lowest BCUT2D eigenvalue weighted by Gasteiger charge is -2.29. The zero-order valence-corrected chi connectivity index (χ0v) is 13.4. The molecule has 1 aliphatic rings. The molecule has 1 aromatic carbocycles. The molecule has 118 valence electrons. The topological polar surface area (TPSA) is 65.0 Å². The third-order valence-corrected chi connectivity index (χ3v) is 4.14. The summed E-state index contributed by atoms with van der Waals surface area (Å²) in [5.41, 5.74) is 4.57. The average molecular weight is 328 g/mol. The molecule has 2 aromatic rings. The van der Waals surface area contributed by atoms with Crippen molar-refractivity contribution in [2.75, 3.05) is 18.6 Å². The van der Waals surface area contributed by atoms with Crippen molar-refractivity contribution in [1.82, 2.24) is 10.3 Å². The van der Waals surface area contributed by atoms with Gasteiger partial charge in [0, 0.05) is 13.6 Å². The quantitative estimate of drug-likeness (QED) is 0.928. The fraction of sp³-hybridized carbons (Fsp3) is 0.188. The standard InChI is InChI=1S/C16H16N4O2S/c1-19(10-12-7-8-23-11-12)16(22)15-17-9-14(21)20(18-15)13-5-3-2-4-6-13/h2-8,11H,9-10H2,1H3,(H,17,18). The molecule has 0 bridgehead atoms. The van der Waals surface area contributed by atoms with Crippen LogP contribution >= 0.6 is 11.3 Å². The Hall–Kier alpha value is -2.67. The molecule has 0 atom stereocenters. The lowest BCUT2D eigenvalue weighted by atomic mass is 10.3. The number of nitrogens with one attached hydrogen (secondary N) is 1. The van der Waals surface area contributed by atoms with E-state index in [2.05, 4.69) is 10.4 Å².